The summed E-state index contributed by atoms with van der Waals surface area (Å²) in [6.45, 7) is -0.123. The molecular weight excluding hydrogens is 378 g/mol. The summed E-state index contributed by atoms with van der Waals surface area (Å²) in [6, 6.07) is 15.9. The van der Waals surface area contributed by atoms with Crippen LogP contribution in [0.3, 0.4) is 0 Å². The maximum absolute atomic E-state index is 13.0. The largest absolute Gasteiger partial charge is 0.396 e. The molecule has 2 aromatic carbocycles. The molecule has 0 amide bonds. The number of benzene rings is 2. The molecular formula is C17H18BrNO3S. The number of aliphatic hydroxyl groups excluding tert-OH is 1. The first-order valence-electron chi connectivity index (χ1n) is 7.33. The highest BCUT2D eigenvalue weighted by atomic mass is 79.9. The fourth-order valence-electron chi connectivity index (χ4n) is 3.37. The molecule has 1 aliphatic carbocycles. The molecule has 2 aromatic rings. The molecule has 0 heterocycles. The van der Waals surface area contributed by atoms with E-state index in [4.69, 9.17) is 5.73 Å². The topological polar surface area (TPSA) is 80.4 Å². The van der Waals surface area contributed by atoms with Crippen LogP contribution in [-0.4, -0.2) is 31.9 Å². The van der Waals surface area contributed by atoms with E-state index in [2.05, 4.69) is 15.9 Å². The number of aliphatic hydroxyl groups is 1. The Labute approximate surface area is 144 Å². The van der Waals surface area contributed by atoms with Gasteiger partial charge in [-0.25, -0.2) is 8.42 Å². The van der Waals surface area contributed by atoms with E-state index in [0.717, 1.165) is 10.0 Å². The van der Waals surface area contributed by atoms with Crippen molar-refractivity contribution in [3.05, 3.63) is 64.6 Å². The van der Waals surface area contributed by atoms with Crippen LogP contribution in [0.25, 0.3) is 0 Å². The number of halogens is 1. The molecule has 0 aromatic heterocycles. The minimum absolute atomic E-state index is 0.126. The third kappa shape index (κ3) is 2.63. The average molecular weight is 396 g/mol. The fourth-order valence-corrected chi connectivity index (χ4v) is 6.11. The molecule has 0 unspecified atom stereocenters. The van der Waals surface area contributed by atoms with Gasteiger partial charge in [0.15, 0.2) is 9.84 Å². The summed E-state index contributed by atoms with van der Waals surface area (Å²) in [4.78, 5) is 0.274. The molecule has 3 atom stereocenters. The molecule has 23 heavy (non-hydrogen) atoms. The van der Waals surface area contributed by atoms with Crippen LogP contribution >= 0.6 is 15.9 Å². The number of rotatable bonds is 5. The molecule has 0 saturated heterocycles. The Bertz CT molecular complexity index is 786. The highest BCUT2D eigenvalue weighted by Gasteiger charge is 2.70. The first-order valence-corrected chi connectivity index (χ1v) is 9.66. The highest BCUT2D eigenvalue weighted by Crippen LogP contribution is 2.63. The Kier molecular flexibility index (Phi) is 4.35. The van der Waals surface area contributed by atoms with Gasteiger partial charge in [0.25, 0.3) is 0 Å². The normalized spacial score (nSPS) is 26.9. The van der Waals surface area contributed by atoms with Crippen molar-refractivity contribution in [2.45, 2.75) is 16.1 Å². The van der Waals surface area contributed by atoms with Crippen molar-refractivity contribution in [1.82, 2.24) is 0 Å². The Balaban J connectivity index is 2.05. The minimum Gasteiger partial charge on any atom is -0.396 e. The minimum atomic E-state index is -3.56. The quantitative estimate of drug-likeness (QED) is 0.813. The van der Waals surface area contributed by atoms with Crippen LogP contribution in [0.5, 0.6) is 0 Å². The standard InChI is InChI=1S/C17H18BrNO3S/c18-13-8-6-12(7-9-13)15-16(17(15,10-19)11-20)23(21,22)14-4-2-1-3-5-14/h1-9,15-16,20H,10-11,19H2/t15-,16+,17-/m1/s1. The van der Waals surface area contributed by atoms with Gasteiger partial charge >= 0.3 is 0 Å². The second-order valence-corrected chi connectivity index (χ2v) is 8.89. The van der Waals surface area contributed by atoms with Gasteiger partial charge in [-0.15, -0.1) is 0 Å². The van der Waals surface area contributed by atoms with Gasteiger partial charge in [0, 0.05) is 22.4 Å². The average Bonchev–Trinajstić information content (AvgIpc) is 3.27. The van der Waals surface area contributed by atoms with E-state index in [1.165, 1.54) is 0 Å². The zero-order chi connectivity index (χ0) is 16.7. The van der Waals surface area contributed by atoms with Gasteiger partial charge in [-0.3, -0.25) is 0 Å². The Morgan fingerprint density at radius 3 is 2.22 bits per heavy atom. The summed E-state index contributed by atoms with van der Waals surface area (Å²) < 4.78 is 26.9. The predicted octanol–water partition coefficient (Wildman–Crippen LogP) is 2.33. The molecule has 0 spiro atoms. The van der Waals surface area contributed by atoms with E-state index in [0.29, 0.717) is 0 Å². The van der Waals surface area contributed by atoms with Crippen molar-refractivity contribution in [3.63, 3.8) is 0 Å². The monoisotopic (exact) mass is 395 g/mol. The summed E-state index contributed by atoms with van der Waals surface area (Å²) in [6.07, 6.45) is 0. The lowest BCUT2D eigenvalue weighted by molar-refractivity contribution is 0.212. The van der Waals surface area contributed by atoms with Crippen molar-refractivity contribution in [1.29, 1.82) is 0 Å². The van der Waals surface area contributed by atoms with Crippen LogP contribution in [0.2, 0.25) is 0 Å². The lowest BCUT2D eigenvalue weighted by Crippen LogP contribution is -2.27. The van der Waals surface area contributed by atoms with Crippen LogP contribution < -0.4 is 5.73 Å². The smallest absolute Gasteiger partial charge is 0.182 e. The van der Waals surface area contributed by atoms with E-state index in [9.17, 15) is 13.5 Å². The van der Waals surface area contributed by atoms with Crippen LogP contribution in [0.1, 0.15) is 11.5 Å². The van der Waals surface area contributed by atoms with Crippen LogP contribution in [0.4, 0.5) is 0 Å². The Morgan fingerprint density at radius 1 is 1.09 bits per heavy atom. The fraction of sp³-hybridized carbons (Fsp3) is 0.294. The van der Waals surface area contributed by atoms with E-state index in [1.54, 1.807) is 30.3 Å². The zero-order valence-electron chi connectivity index (χ0n) is 12.4. The summed E-state index contributed by atoms with van der Waals surface area (Å²) in [7, 11) is -3.56. The molecule has 1 aliphatic rings. The molecule has 0 radical (unpaired) electrons. The van der Waals surface area contributed by atoms with Crippen molar-refractivity contribution in [2.24, 2.45) is 11.1 Å². The third-order valence-electron chi connectivity index (χ3n) is 4.69. The maximum Gasteiger partial charge on any atom is 0.182 e. The number of hydrogen-bond donors (Lipinski definition) is 2. The van der Waals surface area contributed by atoms with E-state index >= 15 is 0 Å². The Hall–Kier alpha value is -1.21. The maximum atomic E-state index is 13.0. The van der Waals surface area contributed by atoms with Gasteiger partial charge in [0.2, 0.25) is 0 Å². The molecule has 1 saturated carbocycles. The number of sulfone groups is 1. The molecule has 1 fully saturated rings. The summed E-state index contributed by atoms with van der Waals surface area (Å²) in [5, 5.41) is 9.17. The summed E-state index contributed by atoms with van der Waals surface area (Å²) >= 11 is 3.38. The van der Waals surface area contributed by atoms with Gasteiger partial charge in [0.1, 0.15) is 0 Å². The lowest BCUT2D eigenvalue weighted by Gasteiger charge is -2.12. The van der Waals surface area contributed by atoms with Crippen molar-refractivity contribution < 1.29 is 13.5 Å². The first-order chi connectivity index (χ1) is 11.0. The molecule has 122 valence electrons. The van der Waals surface area contributed by atoms with E-state index in [-0.39, 0.29) is 24.0 Å². The number of hydrogen-bond acceptors (Lipinski definition) is 4. The van der Waals surface area contributed by atoms with Crippen LogP contribution in [0, 0.1) is 5.41 Å². The second-order valence-electron chi connectivity index (χ2n) is 5.90. The molecule has 4 nitrogen and oxygen atoms in total. The van der Waals surface area contributed by atoms with Gasteiger partial charge < -0.3 is 10.8 Å². The highest BCUT2D eigenvalue weighted by molar-refractivity contribution is 9.10. The van der Waals surface area contributed by atoms with Crippen molar-refractivity contribution >= 4 is 25.8 Å². The molecule has 3 N–H and O–H groups in total. The third-order valence-corrected chi connectivity index (χ3v) is 7.56. The van der Waals surface area contributed by atoms with Gasteiger partial charge in [-0.05, 0) is 29.8 Å². The lowest BCUT2D eigenvalue weighted by atomic mass is 10.0. The van der Waals surface area contributed by atoms with Crippen molar-refractivity contribution in [2.75, 3.05) is 13.2 Å². The number of nitrogens with two attached hydrogens (primary N) is 1. The second kappa shape index (κ2) is 6.02. The van der Waals surface area contributed by atoms with Gasteiger partial charge in [-0.1, -0.05) is 46.3 Å². The summed E-state index contributed by atoms with van der Waals surface area (Å²) in [5.74, 6) is -0.296. The van der Waals surface area contributed by atoms with Gasteiger partial charge in [0.05, 0.1) is 16.8 Å². The van der Waals surface area contributed by atoms with Crippen LogP contribution in [-0.2, 0) is 9.84 Å². The molecule has 0 bridgehead atoms. The SMILES string of the molecule is NC[C@@]1(CO)[C@H](c2ccc(Br)cc2)[C@@H]1S(=O)(=O)c1ccccc1. The van der Waals surface area contributed by atoms with Crippen LogP contribution in [0.15, 0.2) is 64.0 Å². The molecule has 6 heteroatoms. The predicted molar refractivity (Wildman–Crippen MR) is 92.9 cm³/mol. The molecule has 0 aliphatic heterocycles. The summed E-state index contributed by atoms with van der Waals surface area (Å²) in [5.41, 5.74) is 5.94. The van der Waals surface area contributed by atoms with Crippen molar-refractivity contribution in [3.8, 4) is 0 Å². The van der Waals surface area contributed by atoms with E-state index < -0.39 is 20.5 Å². The van der Waals surface area contributed by atoms with Gasteiger partial charge in [-0.2, -0.15) is 0 Å². The Morgan fingerprint density at radius 2 is 1.70 bits per heavy atom. The van der Waals surface area contributed by atoms with E-state index in [1.807, 2.05) is 24.3 Å². The molecule has 3 rings (SSSR count). The first kappa shape index (κ1) is 16.6. The zero-order valence-corrected chi connectivity index (χ0v) is 14.8.